The Kier molecular flexibility index (Phi) is 5.99. The van der Waals surface area contributed by atoms with E-state index < -0.39 is 0 Å². The molecule has 0 bridgehead atoms. The van der Waals surface area contributed by atoms with Crippen molar-refractivity contribution < 1.29 is 4.74 Å². The van der Waals surface area contributed by atoms with Gasteiger partial charge in [0.05, 0.1) is 6.61 Å². The van der Waals surface area contributed by atoms with Crippen molar-refractivity contribution in [3.05, 3.63) is 29.3 Å². The summed E-state index contributed by atoms with van der Waals surface area (Å²) in [5.41, 5.74) is 2.70. The van der Waals surface area contributed by atoms with Crippen LogP contribution >= 0.6 is 0 Å². The highest BCUT2D eigenvalue weighted by atomic mass is 16.5. The van der Waals surface area contributed by atoms with Crippen LogP contribution in [0.1, 0.15) is 50.7 Å². The monoisotopic (exact) mass is 220 g/mol. The van der Waals surface area contributed by atoms with Gasteiger partial charge < -0.3 is 4.74 Å². The Balaban J connectivity index is 2.41. The molecule has 1 nitrogen and oxygen atoms in total. The van der Waals surface area contributed by atoms with Crippen molar-refractivity contribution in [3.63, 3.8) is 0 Å². The molecule has 16 heavy (non-hydrogen) atoms. The molecule has 0 unspecified atom stereocenters. The molecule has 0 amide bonds. The van der Waals surface area contributed by atoms with Gasteiger partial charge in [-0.3, -0.25) is 0 Å². The molecule has 0 aliphatic carbocycles. The predicted octanol–water partition coefficient (Wildman–Crippen LogP) is 4.52. The van der Waals surface area contributed by atoms with E-state index in [1.54, 1.807) is 0 Å². The Morgan fingerprint density at radius 3 is 2.56 bits per heavy atom. The van der Waals surface area contributed by atoms with Crippen LogP contribution in [0.15, 0.2) is 18.2 Å². The van der Waals surface area contributed by atoms with Crippen LogP contribution in [0.4, 0.5) is 0 Å². The molecule has 0 heterocycles. The molecule has 1 rings (SSSR count). The fourth-order valence-electron chi connectivity index (χ4n) is 1.91. The van der Waals surface area contributed by atoms with Crippen LogP contribution in [-0.4, -0.2) is 6.61 Å². The molecule has 0 atom stereocenters. The van der Waals surface area contributed by atoms with Crippen molar-refractivity contribution in [2.24, 2.45) is 0 Å². The molecule has 0 aliphatic heterocycles. The van der Waals surface area contributed by atoms with Crippen LogP contribution in [0.3, 0.4) is 0 Å². The molecule has 0 aromatic heterocycles. The minimum absolute atomic E-state index is 0.855. The molecule has 0 fully saturated rings. The van der Waals surface area contributed by atoms with Crippen molar-refractivity contribution in [3.8, 4) is 5.75 Å². The van der Waals surface area contributed by atoms with Crippen molar-refractivity contribution in [1.82, 2.24) is 0 Å². The molecular formula is C15H24O. The van der Waals surface area contributed by atoms with Crippen molar-refractivity contribution in [2.45, 2.75) is 52.9 Å². The Morgan fingerprint density at radius 1 is 1.06 bits per heavy atom. The molecule has 90 valence electrons. The molecule has 0 saturated heterocycles. The SMILES string of the molecule is CCCCCCOc1cccc(CC)c1C. The third-order valence-corrected chi connectivity index (χ3v) is 3.03. The van der Waals surface area contributed by atoms with Gasteiger partial charge in [-0.2, -0.15) is 0 Å². The second kappa shape index (κ2) is 7.32. The van der Waals surface area contributed by atoms with E-state index in [1.807, 2.05) is 0 Å². The predicted molar refractivity (Wildman–Crippen MR) is 70.2 cm³/mol. The standard InChI is InChI=1S/C15H24O/c1-4-6-7-8-12-16-15-11-9-10-14(5-2)13(15)3/h9-11H,4-8,12H2,1-3H3. The average molecular weight is 220 g/mol. The van der Waals surface area contributed by atoms with Crippen LogP contribution in [0.5, 0.6) is 5.75 Å². The van der Waals surface area contributed by atoms with Gasteiger partial charge in [-0.15, -0.1) is 0 Å². The van der Waals surface area contributed by atoms with E-state index in [0.717, 1.165) is 18.8 Å². The van der Waals surface area contributed by atoms with Gasteiger partial charge in [-0.25, -0.2) is 0 Å². The summed E-state index contributed by atoms with van der Waals surface area (Å²) in [6.07, 6.45) is 6.13. The van der Waals surface area contributed by atoms with Gasteiger partial charge in [-0.05, 0) is 37.0 Å². The van der Waals surface area contributed by atoms with Crippen LogP contribution in [0.25, 0.3) is 0 Å². The van der Waals surface area contributed by atoms with E-state index in [1.165, 1.54) is 36.8 Å². The topological polar surface area (TPSA) is 9.23 Å². The first-order valence-corrected chi connectivity index (χ1v) is 6.50. The maximum Gasteiger partial charge on any atom is 0.122 e. The quantitative estimate of drug-likeness (QED) is 0.614. The van der Waals surface area contributed by atoms with Gasteiger partial charge in [0, 0.05) is 0 Å². The zero-order valence-electron chi connectivity index (χ0n) is 10.9. The minimum atomic E-state index is 0.855. The molecule has 0 radical (unpaired) electrons. The largest absolute Gasteiger partial charge is 0.493 e. The third kappa shape index (κ3) is 3.88. The Labute approximate surface area is 99.8 Å². The van der Waals surface area contributed by atoms with E-state index in [-0.39, 0.29) is 0 Å². The van der Waals surface area contributed by atoms with Crippen molar-refractivity contribution in [1.29, 1.82) is 0 Å². The fraction of sp³-hybridized carbons (Fsp3) is 0.600. The van der Waals surface area contributed by atoms with E-state index in [2.05, 4.69) is 39.0 Å². The van der Waals surface area contributed by atoms with Gasteiger partial charge in [0.15, 0.2) is 0 Å². The normalized spacial score (nSPS) is 10.4. The summed E-state index contributed by atoms with van der Waals surface area (Å²) >= 11 is 0. The molecule has 0 spiro atoms. The summed E-state index contributed by atoms with van der Waals surface area (Å²) in [5.74, 6) is 1.07. The summed E-state index contributed by atoms with van der Waals surface area (Å²) in [4.78, 5) is 0. The first-order chi connectivity index (χ1) is 7.79. The number of hydrogen-bond acceptors (Lipinski definition) is 1. The second-order valence-electron chi connectivity index (χ2n) is 4.30. The van der Waals surface area contributed by atoms with Crippen LogP contribution < -0.4 is 4.74 Å². The van der Waals surface area contributed by atoms with E-state index >= 15 is 0 Å². The van der Waals surface area contributed by atoms with Crippen molar-refractivity contribution >= 4 is 0 Å². The van der Waals surface area contributed by atoms with E-state index in [0.29, 0.717) is 0 Å². The maximum atomic E-state index is 5.83. The van der Waals surface area contributed by atoms with Gasteiger partial charge in [0.1, 0.15) is 5.75 Å². The summed E-state index contributed by atoms with van der Waals surface area (Å²) in [6, 6.07) is 6.35. The lowest BCUT2D eigenvalue weighted by molar-refractivity contribution is 0.303. The number of unbranched alkanes of at least 4 members (excludes halogenated alkanes) is 3. The van der Waals surface area contributed by atoms with Crippen LogP contribution in [0.2, 0.25) is 0 Å². The highest BCUT2D eigenvalue weighted by Crippen LogP contribution is 2.21. The Morgan fingerprint density at radius 2 is 1.88 bits per heavy atom. The molecule has 1 aromatic carbocycles. The number of hydrogen-bond donors (Lipinski definition) is 0. The molecule has 1 aromatic rings. The number of benzene rings is 1. The zero-order valence-corrected chi connectivity index (χ0v) is 10.9. The second-order valence-corrected chi connectivity index (χ2v) is 4.30. The van der Waals surface area contributed by atoms with Crippen molar-refractivity contribution in [2.75, 3.05) is 6.61 Å². The summed E-state index contributed by atoms with van der Waals surface area (Å²) in [5, 5.41) is 0. The first kappa shape index (κ1) is 13.1. The zero-order chi connectivity index (χ0) is 11.8. The Hall–Kier alpha value is -0.980. The van der Waals surface area contributed by atoms with E-state index in [9.17, 15) is 0 Å². The lowest BCUT2D eigenvalue weighted by Gasteiger charge is -2.11. The smallest absolute Gasteiger partial charge is 0.122 e. The van der Waals surface area contributed by atoms with Crippen LogP contribution in [0, 0.1) is 6.92 Å². The maximum absolute atomic E-state index is 5.83. The molecule has 0 saturated carbocycles. The van der Waals surface area contributed by atoms with Crippen LogP contribution in [-0.2, 0) is 6.42 Å². The third-order valence-electron chi connectivity index (χ3n) is 3.03. The van der Waals surface area contributed by atoms with Gasteiger partial charge in [0.25, 0.3) is 0 Å². The lowest BCUT2D eigenvalue weighted by atomic mass is 10.1. The number of ether oxygens (including phenoxy) is 1. The van der Waals surface area contributed by atoms with Gasteiger partial charge in [-0.1, -0.05) is 45.2 Å². The molecule has 0 aliphatic rings. The Bertz CT molecular complexity index is 304. The number of aryl methyl sites for hydroxylation is 1. The van der Waals surface area contributed by atoms with Gasteiger partial charge >= 0.3 is 0 Å². The lowest BCUT2D eigenvalue weighted by Crippen LogP contribution is -2.00. The number of rotatable bonds is 7. The molecule has 0 N–H and O–H groups in total. The minimum Gasteiger partial charge on any atom is -0.493 e. The molecular weight excluding hydrogens is 196 g/mol. The summed E-state index contributed by atoms with van der Waals surface area (Å²) in [7, 11) is 0. The molecule has 1 heteroatoms. The van der Waals surface area contributed by atoms with E-state index in [4.69, 9.17) is 4.74 Å². The fourth-order valence-corrected chi connectivity index (χ4v) is 1.91. The summed E-state index contributed by atoms with van der Waals surface area (Å²) < 4.78 is 5.83. The van der Waals surface area contributed by atoms with Gasteiger partial charge in [0.2, 0.25) is 0 Å². The average Bonchev–Trinajstić information content (AvgIpc) is 2.31. The summed E-state index contributed by atoms with van der Waals surface area (Å²) in [6.45, 7) is 7.43. The highest BCUT2D eigenvalue weighted by molar-refractivity contribution is 5.39. The first-order valence-electron chi connectivity index (χ1n) is 6.50. The highest BCUT2D eigenvalue weighted by Gasteiger charge is 2.02.